The molecule has 3 unspecified atom stereocenters. The summed E-state index contributed by atoms with van der Waals surface area (Å²) in [4.78, 5) is 23.8. The van der Waals surface area contributed by atoms with Gasteiger partial charge in [-0.15, -0.1) is 0 Å². The molecule has 2 aliphatic carbocycles. The van der Waals surface area contributed by atoms with Gasteiger partial charge in [0.2, 0.25) is 5.79 Å². The number of fused-ring (bicyclic) bond motifs is 3. The van der Waals surface area contributed by atoms with Gasteiger partial charge in [0.05, 0.1) is 0 Å². The van der Waals surface area contributed by atoms with Crippen LogP contribution in [0.1, 0.15) is 40.0 Å². The lowest BCUT2D eigenvalue weighted by atomic mass is 9.84. The fourth-order valence-corrected chi connectivity index (χ4v) is 3.63. The summed E-state index contributed by atoms with van der Waals surface area (Å²) < 4.78 is 5.18. The zero-order valence-corrected chi connectivity index (χ0v) is 11.4. The van der Waals surface area contributed by atoms with E-state index in [9.17, 15) is 14.7 Å². The van der Waals surface area contributed by atoms with Gasteiger partial charge in [-0.3, -0.25) is 4.79 Å². The molecule has 0 spiro atoms. The summed E-state index contributed by atoms with van der Waals surface area (Å²) in [6.45, 7) is 5.56. The van der Waals surface area contributed by atoms with E-state index >= 15 is 0 Å². The van der Waals surface area contributed by atoms with Crippen LogP contribution in [0, 0.1) is 11.8 Å². The molecule has 0 aromatic carbocycles. The van der Waals surface area contributed by atoms with Gasteiger partial charge in [0.25, 0.3) is 0 Å². The Balaban J connectivity index is 2.25. The molecule has 1 N–H and O–H groups in total. The van der Waals surface area contributed by atoms with Crippen LogP contribution < -0.4 is 0 Å². The lowest BCUT2D eigenvalue weighted by molar-refractivity contribution is -0.182. The van der Waals surface area contributed by atoms with Gasteiger partial charge in [-0.2, -0.15) is 0 Å². The van der Waals surface area contributed by atoms with Gasteiger partial charge in [0, 0.05) is 24.0 Å². The molecule has 4 heteroatoms. The molecule has 0 aromatic heterocycles. The average molecular weight is 262 g/mol. The highest BCUT2D eigenvalue weighted by atomic mass is 16.7. The molecule has 1 saturated carbocycles. The monoisotopic (exact) mass is 262 g/mol. The van der Waals surface area contributed by atoms with E-state index in [0.717, 1.165) is 12.0 Å². The van der Waals surface area contributed by atoms with E-state index in [1.54, 1.807) is 13.8 Å². The third kappa shape index (κ3) is 1.56. The number of carbonyl (C=O) groups is 2. The summed E-state index contributed by atoms with van der Waals surface area (Å²) in [6, 6.07) is 0. The van der Waals surface area contributed by atoms with Crippen LogP contribution in [0.15, 0.2) is 22.3 Å². The van der Waals surface area contributed by atoms with Crippen molar-refractivity contribution < 1.29 is 19.4 Å². The van der Waals surface area contributed by atoms with Crippen molar-refractivity contribution in [3.05, 3.63) is 22.3 Å². The maximum atomic E-state index is 12.0. The van der Waals surface area contributed by atoms with E-state index in [-0.39, 0.29) is 11.7 Å². The Labute approximate surface area is 112 Å². The Morgan fingerprint density at radius 3 is 2.63 bits per heavy atom. The van der Waals surface area contributed by atoms with Gasteiger partial charge in [-0.25, -0.2) is 4.79 Å². The molecule has 0 amide bonds. The van der Waals surface area contributed by atoms with Gasteiger partial charge in [-0.05, 0) is 43.3 Å². The zero-order valence-electron chi connectivity index (χ0n) is 11.4. The van der Waals surface area contributed by atoms with E-state index in [1.165, 1.54) is 0 Å². The van der Waals surface area contributed by atoms with Crippen molar-refractivity contribution in [2.75, 3.05) is 0 Å². The van der Waals surface area contributed by atoms with Crippen LogP contribution >= 0.6 is 0 Å². The zero-order chi connectivity index (χ0) is 13.9. The SMILES string of the molecule is CC1=C2C3=C(C)C(=O)OC3(O)CCC(C)C2CC1=O. The van der Waals surface area contributed by atoms with Crippen molar-refractivity contribution in [1.82, 2.24) is 0 Å². The van der Waals surface area contributed by atoms with Gasteiger partial charge >= 0.3 is 5.97 Å². The summed E-state index contributed by atoms with van der Waals surface area (Å²) >= 11 is 0. The molecule has 4 nitrogen and oxygen atoms in total. The van der Waals surface area contributed by atoms with Crippen LogP contribution in [0.25, 0.3) is 0 Å². The summed E-state index contributed by atoms with van der Waals surface area (Å²) in [6.07, 6.45) is 1.65. The maximum Gasteiger partial charge on any atom is 0.337 e. The van der Waals surface area contributed by atoms with Gasteiger partial charge in [0.1, 0.15) is 0 Å². The third-order valence-corrected chi connectivity index (χ3v) is 4.83. The van der Waals surface area contributed by atoms with Gasteiger partial charge < -0.3 is 9.84 Å². The number of esters is 1. The fraction of sp³-hybridized carbons (Fsp3) is 0.600. The Kier molecular flexibility index (Phi) is 2.52. The molecule has 1 heterocycles. The number of hydrogen-bond donors (Lipinski definition) is 1. The Hall–Kier alpha value is -1.42. The van der Waals surface area contributed by atoms with Crippen LogP contribution in [-0.2, 0) is 14.3 Å². The van der Waals surface area contributed by atoms with Crippen LogP contribution in [0.5, 0.6) is 0 Å². The van der Waals surface area contributed by atoms with Crippen LogP contribution in [0.2, 0.25) is 0 Å². The second-order valence-corrected chi connectivity index (χ2v) is 5.96. The fourth-order valence-electron chi connectivity index (χ4n) is 3.63. The van der Waals surface area contributed by atoms with Crippen molar-refractivity contribution in [2.45, 2.75) is 45.8 Å². The maximum absolute atomic E-state index is 12.0. The summed E-state index contributed by atoms with van der Waals surface area (Å²) in [7, 11) is 0. The topological polar surface area (TPSA) is 63.6 Å². The average Bonchev–Trinajstić information content (AvgIpc) is 2.70. The van der Waals surface area contributed by atoms with E-state index in [0.29, 0.717) is 35.5 Å². The molecule has 1 aliphatic heterocycles. The quantitative estimate of drug-likeness (QED) is 0.677. The number of carbonyl (C=O) groups excluding carboxylic acids is 2. The van der Waals surface area contributed by atoms with Crippen molar-refractivity contribution in [3.63, 3.8) is 0 Å². The van der Waals surface area contributed by atoms with E-state index in [2.05, 4.69) is 6.92 Å². The predicted octanol–water partition coefficient (Wildman–Crippen LogP) is 1.88. The van der Waals surface area contributed by atoms with Gasteiger partial charge in [-0.1, -0.05) is 6.92 Å². The van der Waals surface area contributed by atoms with Crippen molar-refractivity contribution in [3.8, 4) is 0 Å². The molecule has 1 fully saturated rings. The molecule has 0 radical (unpaired) electrons. The highest BCUT2D eigenvalue weighted by molar-refractivity contribution is 6.02. The number of aliphatic hydroxyl groups is 1. The summed E-state index contributed by atoms with van der Waals surface area (Å²) in [5, 5.41) is 10.7. The first-order valence-corrected chi connectivity index (χ1v) is 6.76. The lowest BCUT2D eigenvalue weighted by Gasteiger charge is -2.24. The molecule has 3 rings (SSSR count). The molecule has 3 aliphatic rings. The first-order chi connectivity index (χ1) is 8.85. The summed E-state index contributed by atoms with van der Waals surface area (Å²) in [5.41, 5.74) is 2.56. The lowest BCUT2D eigenvalue weighted by Crippen LogP contribution is -2.31. The van der Waals surface area contributed by atoms with Crippen molar-refractivity contribution >= 4 is 11.8 Å². The molecular formula is C15H18O4. The highest BCUT2D eigenvalue weighted by Gasteiger charge is 2.52. The molecule has 19 heavy (non-hydrogen) atoms. The first-order valence-electron chi connectivity index (χ1n) is 6.76. The minimum Gasteiger partial charge on any atom is -0.425 e. The van der Waals surface area contributed by atoms with Gasteiger partial charge in [0.15, 0.2) is 5.78 Å². The van der Waals surface area contributed by atoms with E-state index < -0.39 is 11.8 Å². The minimum atomic E-state index is -1.52. The molecular weight excluding hydrogens is 244 g/mol. The third-order valence-electron chi connectivity index (χ3n) is 4.83. The number of ether oxygens (including phenoxy) is 1. The molecule has 102 valence electrons. The smallest absolute Gasteiger partial charge is 0.337 e. The Bertz CT molecular complexity index is 554. The molecule has 0 saturated heterocycles. The largest absolute Gasteiger partial charge is 0.425 e. The normalized spacial score (nSPS) is 38.3. The number of rotatable bonds is 0. The van der Waals surface area contributed by atoms with E-state index in [4.69, 9.17) is 4.74 Å². The number of ketones is 1. The first kappa shape index (κ1) is 12.6. The van der Waals surface area contributed by atoms with Crippen molar-refractivity contribution in [2.24, 2.45) is 11.8 Å². The number of hydrogen-bond acceptors (Lipinski definition) is 4. The standard InChI is InChI=1S/C15H18O4/c1-7-4-5-15(18)13(9(3)14(17)19-15)12-8(2)11(16)6-10(7)12/h7,10,18H,4-6H2,1-3H3. The molecule has 3 atom stereocenters. The second kappa shape index (κ2) is 3.79. The van der Waals surface area contributed by atoms with Crippen LogP contribution in [0.3, 0.4) is 0 Å². The highest BCUT2D eigenvalue weighted by Crippen LogP contribution is 2.51. The molecule has 0 bridgehead atoms. The number of Topliss-reactive ketones (excluding diaryl/α,β-unsaturated/α-hetero) is 1. The minimum absolute atomic E-state index is 0.112. The predicted molar refractivity (Wildman–Crippen MR) is 68.0 cm³/mol. The summed E-state index contributed by atoms with van der Waals surface area (Å²) in [5.74, 6) is -1.45. The Morgan fingerprint density at radius 2 is 1.95 bits per heavy atom. The van der Waals surface area contributed by atoms with Crippen LogP contribution in [-0.4, -0.2) is 22.6 Å². The van der Waals surface area contributed by atoms with Crippen molar-refractivity contribution in [1.29, 1.82) is 0 Å². The molecule has 0 aromatic rings. The number of allylic oxidation sites excluding steroid dienone is 1. The Morgan fingerprint density at radius 1 is 1.26 bits per heavy atom. The second-order valence-electron chi connectivity index (χ2n) is 5.96. The van der Waals surface area contributed by atoms with E-state index in [1.807, 2.05) is 0 Å². The van der Waals surface area contributed by atoms with Crippen LogP contribution in [0.4, 0.5) is 0 Å².